The van der Waals surface area contributed by atoms with Crippen LogP contribution in [0.3, 0.4) is 0 Å². The molecule has 12 heteroatoms. The summed E-state index contributed by atoms with van der Waals surface area (Å²) in [5.41, 5.74) is 0.585. The summed E-state index contributed by atoms with van der Waals surface area (Å²) in [4.78, 5) is 39.8. The highest BCUT2D eigenvalue weighted by Gasteiger charge is 2.24. The fourth-order valence-electron chi connectivity index (χ4n) is 3.52. The number of methoxy groups -OCH3 is 3. The predicted octanol–water partition coefficient (Wildman–Crippen LogP) is 4.69. The molecule has 0 saturated carbocycles. The molecule has 2 aromatic heterocycles. The van der Waals surface area contributed by atoms with Crippen LogP contribution in [0.25, 0.3) is 0 Å². The van der Waals surface area contributed by atoms with Crippen molar-refractivity contribution in [3.63, 3.8) is 0 Å². The highest BCUT2D eigenvalue weighted by molar-refractivity contribution is 5.92. The van der Waals surface area contributed by atoms with E-state index in [1.807, 2.05) is 48.5 Å². The van der Waals surface area contributed by atoms with E-state index in [0.29, 0.717) is 5.75 Å². The Morgan fingerprint density at radius 2 is 1.46 bits per heavy atom. The van der Waals surface area contributed by atoms with Crippen molar-refractivity contribution in [3.05, 3.63) is 90.1 Å². The first kappa shape index (κ1) is 28.6. The Labute approximate surface area is 236 Å². The molecule has 2 heterocycles. The van der Waals surface area contributed by atoms with Gasteiger partial charge in [-0.05, 0) is 29.8 Å². The molecule has 41 heavy (non-hydrogen) atoms. The molecule has 12 nitrogen and oxygen atoms in total. The first-order valence-corrected chi connectivity index (χ1v) is 12.4. The summed E-state index contributed by atoms with van der Waals surface area (Å²) in [7, 11) is 4.05. The van der Waals surface area contributed by atoms with Gasteiger partial charge in [-0.2, -0.15) is 9.97 Å². The Morgan fingerprint density at radius 1 is 0.805 bits per heavy atom. The summed E-state index contributed by atoms with van der Waals surface area (Å²) in [5, 5.41) is 0. The van der Waals surface area contributed by atoms with Gasteiger partial charge in [-0.25, -0.2) is 14.6 Å². The number of nitrogens with zero attached hydrogens (tertiary/aromatic N) is 4. The van der Waals surface area contributed by atoms with Gasteiger partial charge in [0.1, 0.15) is 24.8 Å². The molecule has 0 atom stereocenters. The van der Waals surface area contributed by atoms with Gasteiger partial charge < -0.3 is 28.4 Å². The highest BCUT2D eigenvalue weighted by Crippen LogP contribution is 2.28. The van der Waals surface area contributed by atoms with Crippen molar-refractivity contribution in [3.8, 4) is 29.3 Å². The molecule has 0 radical (unpaired) electrons. The van der Waals surface area contributed by atoms with E-state index in [4.69, 9.17) is 28.4 Å². The van der Waals surface area contributed by atoms with E-state index in [-0.39, 0.29) is 54.8 Å². The highest BCUT2D eigenvalue weighted by atomic mass is 16.6. The van der Waals surface area contributed by atoms with Gasteiger partial charge in [-0.3, -0.25) is 4.90 Å². The van der Waals surface area contributed by atoms with Crippen LogP contribution in [0.2, 0.25) is 0 Å². The summed E-state index contributed by atoms with van der Waals surface area (Å²) in [5.74, 6) is 0.273. The lowest BCUT2D eigenvalue weighted by Crippen LogP contribution is -2.36. The molecule has 0 aliphatic heterocycles. The van der Waals surface area contributed by atoms with Crippen LogP contribution in [0.1, 0.15) is 16.1 Å². The van der Waals surface area contributed by atoms with E-state index in [0.717, 1.165) is 5.56 Å². The zero-order valence-corrected chi connectivity index (χ0v) is 22.7. The van der Waals surface area contributed by atoms with Crippen LogP contribution in [-0.2, 0) is 16.1 Å². The summed E-state index contributed by atoms with van der Waals surface area (Å²) in [6, 6.07) is 22.6. The van der Waals surface area contributed by atoms with Gasteiger partial charge in [0.2, 0.25) is 11.8 Å². The minimum atomic E-state index is -0.810. The average molecular weight is 561 g/mol. The van der Waals surface area contributed by atoms with Crippen molar-refractivity contribution in [2.75, 3.05) is 39.4 Å². The maximum atomic E-state index is 13.2. The molecular formula is C29H28N4O8. The lowest BCUT2D eigenvalue weighted by molar-refractivity contribution is 0.0590. The SMILES string of the molecule is COC(=O)c1nc(N(CCOc2ccccc2)C(=O)OCc2ccccc2)ccc1Oc1nc(OC)cc(OC)n1. The molecule has 0 aliphatic rings. The third kappa shape index (κ3) is 7.82. The normalized spacial score (nSPS) is 10.3. The number of carbonyl (C=O) groups excluding carboxylic acids is 2. The third-order valence-electron chi connectivity index (χ3n) is 5.53. The molecule has 212 valence electrons. The fraction of sp³-hybridized carbons (Fsp3) is 0.207. The number of amides is 1. The van der Waals surface area contributed by atoms with Crippen molar-refractivity contribution in [1.29, 1.82) is 0 Å². The first-order valence-electron chi connectivity index (χ1n) is 12.4. The molecule has 0 unspecified atom stereocenters. The van der Waals surface area contributed by atoms with Crippen molar-refractivity contribution in [2.45, 2.75) is 6.61 Å². The van der Waals surface area contributed by atoms with Gasteiger partial charge in [-0.15, -0.1) is 0 Å². The van der Waals surface area contributed by atoms with Crippen LogP contribution < -0.4 is 23.8 Å². The smallest absolute Gasteiger partial charge is 0.415 e. The van der Waals surface area contributed by atoms with Crippen molar-refractivity contribution >= 4 is 17.9 Å². The number of rotatable bonds is 12. The Morgan fingerprint density at radius 3 is 2.10 bits per heavy atom. The molecule has 0 fully saturated rings. The third-order valence-corrected chi connectivity index (χ3v) is 5.53. The molecule has 0 N–H and O–H groups in total. The number of pyridine rings is 1. The van der Waals surface area contributed by atoms with E-state index in [1.54, 1.807) is 12.1 Å². The monoisotopic (exact) mass is 560 g/mol. The number of esters is 1. The van der Waals surface area contributed by atoms with Gasteiger partial charge in [0.25, 0.3) is 0 Å². The summed E-state index contributed by atoms with van der Waals surface area (Å²) in [6.45, 7) is 0.220. The standard InChI is InChI=1S/C29H28N4O8/c1-36-24-18-25(37-2)32-28(31-24)41-22-14-15-23(30-26(22)27(34)38-3)33(16-17-39-21-12-8-5-9-13-21)29(35)40-19-20-10-6-4-7-11-20/h4-15,18H,16-17,19H2,1-3H3. The van der Waals surface area contributed by atoms with E-state index in [1.165, 1.54) is 44.4 Å². The van der Waals surface area contributed by atoms with E-state index >= 15 is 0 Å². The lowest BCUT2D eigenvalue weighted by Gasteiger charge is -2.22. The van der Waals surface area contributed by atoms with Crippen LogP contribution in [0.5, 0.6) is 29.3 Å². The summed E-state index contributed by atoms with van der Waals surface area (Å²) >= 11 is 0. The van der Waals surface area contributed by atoms with Crippen LogP contribution >= 0.6 is 0 Å². The Balaban J connectivity index is 1.61. The van der Waals surface area contributed by atoms with E-state index in [9.17, 15) is 9.59 Å². The van der Waals surface area contributed by atoms with E-state index in [2.05, 4.69) is 15.0 Å². The number of carbonyl (C=O) groups is 2. The number of aromatic nitrogens is 3. The van der Waals surface area contributed by atoms with Crippen molar-refractivity contribution in [1.82, 2.24) is 15.0 Å². The summed E-state index contributed by atoms with van der Waals surface area (Å²) < 4.78 is 32.3. The van der Waals surface area contributed by atoms with Crippen molar-refractivity contribution < 1.29 is 38.0 Å². The lowest BCUT2D eigenvalue weighted by atomic mass is 10.2. The number of para-hydroxylation sites is 1. The van der Waals surface area contributed by atoms with Gasteiger partial charge in [0.15, 0.2) is 11.4 Å². The second-order valence-electron chi connectivity index (χ2n) is 8.20. The second-order valence-corrected chi connectivity index (χ2v) is 8.20. The van der Waals surface area contributed by atoms with Gasteiger partial charge >= 0.3 is 18.1 Å². The minimum absolute atomic E-state index is 0.0194. The maximum absolute atomic E-state index is 13.2. The largest absolute Gasteiger partial charge is 0.492 e. The van der Waals surface area contributed by atoms with Gasteiger partial charge in [0.05, 0.1) is 33.9 Å². The minimum Gasteiger partial charge on any atom is -0.492 e. The number of benzene rings is 2. The van der Waals surface area contributed by atoms with Gasteiger partial charge in [0, 0.05) is 0 Å². The molecule has 0 saturated heterocycles. The van der Waals surface area contributed by atoms with Crippen LogP contribution in [0.15, 0.2) is 78.9 Å². The van der Waals surface area contributed by atoms with E-state index < -0.39 is 12.1 Å². The van der Waals surface area contributed by atoms with Crippen LogP contribution in [-0.4, -0.2) is 61.5 Å². The summed E-state index contributed by atoms with van der Waals surface area (Å²) in [6.07, 6.45) is -0.691. The number of ether oxygens (including phenoxy) is 6. The molecule has 4 aromatic rings. The molecular weight excluding hydrogens is 532 g/mol. The topological polar surface area (TPSA) is 131 Å². The maximum Gasteiger partial charge on any atom is 0.415 e. The number of hydrogen-bond acceptors (Lipinski definition) is 11. The molecule has 0 aliphatic carbocycles. The second kappa shape index (κ2) is 14.1. The Kier molecular flexibility index (Phi) is 9.86. The van der Waals surface area contributed by atoms with Crippen molar-refractivity contribution in [2.24, 2.45) is 0 Å². The molecule has 4 rings (SSSR count). The molecule has 1 amide bonds. The molecule has 0 spiro atoms. The zero-order valence-electron chi connectivity index (χ0n) is 22.7. The van der Waals surface area contributed by atoms with Crippen LogP contribution in [0.4, 0.5) is 10.6 Å². The Hall–Kier alpha value is -5.39. The molecule has 0 bridgehead atoms. The number of hydrogen-bond donors (Lipinski definition) is 0. The fourth-order valence-corrected chi connectivity index (χ4v) is 3.52. The number of anilines is 1. The van der Waals surface area contributed by atoms with Gasteiger partial charge in [-0.1, -0.05) is 48.5 Å². The Bertz CT molecular complexity index is 1430. The quantitative estimate of drug-likeness (QED) is 0.224. The molecule has 2 aromatic carbocycles. The average Bonchev–Trinajstić information content (AvgIpc) is 3.02. The van der Waals surface area contributed by atoms with Crippen LogP contribution in [0, 0.1) is 0 Å². The first-order chi connectivity index (χ1) is 20.0. The predicted molar refractivity (Wildman–Crippen MR) is 147 cm³/mol. The zero-order chi connectivity index (χ0) is 29.0.